The normalized spacial score (nSPS) is 16.2. The van der Waals surface area contributed by atoms with Gasteiger partial charge in [0, 0.05) is 31.0 Å². The predicted molar refractivity (Wildman–Crippen MR) is 142 cm³/mol. The minimum atomic E-state index is -4.29. The van der Waals surface area contributed by atoms with E-state index in [9.17, 15) is 23.1 Å². The van der Waals surface area contributed by atoms with Crippen LogP contribution >= 0.6 is 0 Å². The predicted octanol–water partition coefficient (Wildman–Crippen LogP) is 2.79. The van der Waals surface area contributed by atoms with Gasteiger partial charge in [0.1, 0.15) is 17.9 Å². The second-order valence-electron chi connectivity index (χ2n) is 9.25. The maximum absolute atomic E-state index is 15.6. The van der Waals surface area contributed by atoms with Crippen LogP contribution in [-0.4, -0.2) is 60.7 Å². The van der Waals surface area contributed by atoms with Gasteiger partial charge in [-0.2, -0.15) is 4.72 Å². The third-order valence-electron chi connectivity index (χ3n) is 6.53. The lowest BCUT2D eigenvalue weighted by molar-refractivity contribution is -0.138. The van der Waals surface area contributed by atoms with Crippen molar-refractivity contribution in [2.24, 2.45) is 0 Å². The first-order valence-electron chi connectivity index (χ1n) is 12.6. The van der Waals surface area contributed by atoms with Gasteiger partial charge in [-0.3, -0.25) is 9.59 Å². The third kappa shape index (κ3) is 6.57. The average Bonchev–Trinajstić information content (AvgIpc) is 2.96. The fourth-order valence-electron chi connectivity index (χ4n) is 4.47. The highest BCUT2D eigenvalue weighted by atomic mass is 32.2. The van der Waals surface area contributed by atoms with Crippen molar-refractivity contribution in [1.29, 1.82) is 0 Å². The summed E-state index contributed by atoms with van der Waals surface area (Å²) in [6, 6.07) is 6.64. The molecule has 15 heteroatoms. The molecule has 1 aliphatic rings. The molecule has 4 N–H and O–H groups in total. The molecule has 1 amide bonds. The molecule has 0 spiro atoms. The van der Waals surface area contributed by atoms with E-state index in [1.807, 2.05) is 4.72 Å². The summed E-state index contributed by atoms with van der Waals surface area (Å²) in [6.45, 7) is 0.444. The topological polar surface area (TPSA) is 154 Å². The Bertz CT molecular complexity index is 1500. The van der Waals surface area contributed by atoms with Crippen molar-refractivity contribution >= 4 is 33.5 Å². The monoisotopic (exact) mass is 592 g/mol. The van der Waals surface area contributed by atoms with Crippen LogP contribution in [0.5, 0.6) is 0 Å². The Morgan fingerprint density at radius 3 is 2.39 bits per heavy atom. The zero-order valence-corrected chi connectivity index (χ0v) is 22.6. The number of carbonyl (C=O) groups is 2. The van der Waals surface area contributed by atoms with Crippen LogP contribution in [0.4, 0.5) is 24.8 Å². The molecule has 0 aliphatic carbocycles. The quantitative estimate of drug-likeness (QED) is 0.260. The molecule has 2 atom stereocenters. The first-order valence-corrected chi connectivity index (χ1v) is 14.0. The van der Waals surface area contributed by atoms with Gasteiger partial charge in [0.05, 0.1) is 10.5 Å². The summed E-state index contributed by atoms with van der Waals surface area (Å²) < 4.78 is 73.4. The molecule has 11 nitrogen and oxygen atoms in total. The van der Waals surface area contributed by atoms with Gasteiger partial charge in [-0.05, 0) is 44.4 Å². The summed E-state index contributed by atoms with van der Waals surface area (Å²) in [5.41, 5.74) is -2.14. The lowest BCUT2D eigenvalue weighted by Crippen LogP contribution is -2.48. The number of benzene rings is 2. The SMILES string of the molecule is Cc1c(F)c(N2CCCCC2Nc2ncccn2)c(F)c(F)c1C(=O)NC[C@H](NS(=O)(=O)c1ccccc1)C(=O)O. The second kappa shape index (κ2) is 12.5. The number of hydrogen-bond donors (Lipinski definition) is 4. The fourth-order valence-corrected chi connectivity index (χ4v) is 5.68. The Morgan fingerprint density at radius 2 is 1.73 bits per heavy atom. The van der Waals surface area contributed by atoms with Crippen LogP contribution in [0.2, 0.25) is 0 Å². The van der Waals surface area contributed by atoms with Crippen molar-refractivity contribution < 1.29 is 36.3 Å². The molecule has 2 aromatic carbocycles. The van der Waals surface area contributed by atoms with Crippen molar-refractivity contribution in [1.82, 2.24) is 20.0 Å². The van der Waals surface area contributed by atoms with Gasteiger partial charge >= 0.3 is 5.97 Å². The number of anilines is 2. The molecule has 0 bridgehead atoms. The zero-order valence-electron chi connectivity index (χ0n) is 21.8. The zero-order chi connectivity index (χ0) is 29.7. The number of carboxylic acid groups (broad SMARTS) is 1. The molecule has 2 heterocycles. The molecule has 1 aromatic heterocycles. The number of carbonyl (C=O) groups excluding carboxylic acids is 1. The van der Waals surface area contributed by atoms with Crippen LogP contribution in [0, 0.1) is 24.4 Å². The average molecular weight is 593 g/mol. The second-order valence-corrected chi connectivity index (χ2v) is 11.0. The number of aliphatic carboxylic acids is 1. The third-order valence-corrected chi connectivity index (χ3v) is 8.01. The molecule has 4 rings (SSSR count). The molecule has 218 valence electrons. The standard InChI is InChI=1S/C26H27F3N6O5S/c1-15-19(24(36)32-14-17(25(37)38)34-41(39,40)16-8-3-2-4-9-16)21(28)22(29)23(20(15)27)35-13-6-5-10-18(35)33-26-30-11-7-12-31-26/h2-4,7-9,11-12,17-18,34H,5-6,10,13-14H2,1H3,(H,32,36)(H,37,38)(H,30,31,33)/t17-,18?/m0/s1. The molecule has 41 heavy (non-hydrogen) atoms. The van der Waals surface area contributed by atoms with Crippen LogP contribution in [0.3, 0.4) is 0 Å². The molecular weight excluding hydrogens is 565 g/mol. The van der Waals surface area contributed by atoms with E-state index < -0.39 is 74.9 Å². The first kappa shape index (κ1) is 29.7. The summed E-state index contributed by atoms with van der Waals surface area (Å²) in [5, 5.41) is 14.5. The maximum Gasteiger partial charge on any atom is 0.323 e. The van der Waals surface area contributed by atoms with Crippen LogP contribution < -0.4 is 20.3 Å². The van der Waals surface area contributed by atoms with Crippen molar-refractivity contribution in [2.45, 2.75) is 43.3 Å². The van der Waals surface area contributed by atoms with E-state index in [1.165, 1.54) is 41.6 Å². The van der Waals surface area contributed by atoms with E-state index in [0.717, 1.165) is 13.3 Å². The maximum atomic E-state index is 15.6. The summed E-state index contributed by atoms with van der Waals surface area (Å²) in [5.74, 6) is -7.14. The number of aromatic nitrogens is 2. The minimum absolute atomic E-state index is 0.185. The number of nitrogens with one attached hydrogen (secondary N) is 3. The van der Waals surface area contributed by atoms with Gasteiger partial charge in [0.15, 0.2) is 17.5 Å². The minimum Gasteiger partial charge on any atom is -0.480 e. The largest absolute Gasteiger partial charge is 0.480 e. The highest BCUT2D eigenvalue weighted by molar-refractivity contribution is 7.89. The number of carboxylic acids is 1. The van der Waals surface area contributed by atoms with Crippen LogP contribution in [0.15, 0.2) is 53.7 Å². The Morgan fingerprint density at radius 1 is 1.05 bits per heavy atom. The Kier molecular flexibility index (Phi) is 9.08. The van der Waals surface area contributed by atoms with E-state index in [2.05, 4.69) is 20.6 Å². The van der Waals surface area contributed by atoms with Gasteiger partial charge in [0.25, 0.3) is 5.91 Å². The molecule has 1 aliphatic heterocycles. The van der Waals surface area contributed by atoms with Crippen molar-refractivity contribution in [3.05, 3.63) is 77.4 Å². The fraction of sp³-hybridized carbons (Fsp3) is 0.308. The van der Waals surface area contributed by atoms with Crippen molar-refractivity contribution in [3.8, 4) is 0 Å². The van der Waals surface area contributed by atoms with E-state index in [0.29, 0.717) is 12.8 Å². The van der Waals surface area contributed by atoms with Crippen molar-refractivity contribution in [3.63, 3.8) is 0 Å². The highest BCUT2D eigenvalue weighted by Gasteiger charge is 2.34. The van der Waals surface area contributed by atoms with Crippen molar-refractivity contribution in [2.75, 3.05) is 23.3 Å². The molecule has 1 fully saturated rings. The van der Waals surface area contributed by atoms with E-state index in [1.54, 1.807) is 12.1 Å². The number of halogens is 3. The van der Waals surface area contributed by atoms with Gasteiger partial charge in [0.2, 0.25) is 16.0 Å². The number of piperidine rings is 1. The van der Waals surface area contributed by atoms with E-state index in [-0.39, 0.29) is 17.4 Å². The lowest BCUT2D eigenvalue weighted by atomic mass is 10.0. The molecule has 1 saturated heterocycles. The Balaban J connectivity index is 1.56. The molecule has 3 aromatic rings. The van der Waals surface area contributed by atoms with Crippen LogP contribution in [-0.2, 0) is 14.8 Å². The number of hydrogen-bond acceptors (Lipinski definition) is 8. The number of rotatable bonds is 10. The Hall–Kier alpha value is -4.24. The summed E-state index contributed by atoms with van der Waals surface area (Å²) in [7, 11) is -4.29. The van der Waals surface area contributed by atoms with E-state index >= 15 is 13.2 Å². The molecule has 1 unspecified atom stereocenters. The number of amides is 1. The van der Waals surface area contributed by atoms with Gasteiger partial charge in [-0.25, -0.2) is 31.6 Å². The first-order chi connectivity index (χ1) is 19.5. The molecular formula is C26H27F3N6O5S. The summed E-state index contributed by atoms with van der Waals surface area (Å²) in [6.07, 6.45) is 4.07. The lowest BCUT2D eigenvalue weighted by Gasteiger charge is -2.38. The smallest absolute Gasteiger partial charge is 0.323 e. The van der Waals surface area contributed by atoms with Gasteiger partial charge in [-0.1, -0.05) is 18.2 Å². The molecule has 0 saturated carbocycles. The van der Waals surface area contributed by atoms with Crippen LogP contribution in [0.25, 0.3) is 0 Å². The number of nitrogens with zero attached hydrogens (tertiary/aromatic N) is 3. The summed E-state index contributed by atoms with van der Waals surface area (Å²) >= 11 is 0. The highest BCUT2D eigenvalue weighted by Crippen LogP contribution is 2.35. The molecule has 0 radical (unpaired) electrons. The van der Waals surface area contributed by atoms with Gasteiger partial charge < -0.3 is 20.6 Å². The van der Waals surface area contributed by atoms with E-state index in [4.69, 9.17) is 0 Å². The summed E-state index contributed by atoms with van der Waals surface area (Å²) in [4.78, 5) is 33.8. The Labute approximate surface area is 233 Å². The number of sulfonamides is 1. The van der Waals surface area contributed by atoms with Crippen LogP contribution in [0.1, 0.15) is 35.2 Å². The van der Waals surface area contributed by atoms with Gasteiger partial charge in [-0.15, -0.1) is 0 Å².